The molecule has 0 heterocycles. The molecule has 2 unspecified atom stereocenters. The van der Waals surface area contributed by atoms with Gasteiger partial charge in [0.1, 0.15) is 6.23 Å². The summed E-state index contributed by atoms with van der Waals surface area (Å²) in [7, 11) is 0. The van der Waals surface area contributed by atoms with Crippen LogP contribution in [-0.4, -0.2) is 6.10 Å². The molecule has 6 rings (SSSR count). The van der Waals surface area contributed by atoms with Crippen LogP contribution >= 0.6 is 0 Å². The van der Waals surface area contributed by atoms with Crippen molar-refractivity contribution < 1.29 is 4.74 Å². The third kappa shape index (κ3) is 2.71. The minimum Gasteiger partial charge on any atom is -0.356 e. The van der Waals surface area contributed by atoms with E-state index in [2.05, 4.69) is 49.4 Å². The molecule has 2 aromatic carbocycles. The van der Waals surface area contributed by atoms with Crippen molar-refractivity contribution in [3.05, 3.63) is 48.0 Å². The van der Waals surface area contributed by atoms with Crippen LogP contribution in [0.4, 0.5) is 0 Å². The fourth-order valence-electron chi connectivity index (χ4n) is 6.50. The van der Waals surface area contributed by atoms with E-state index in [1.807, 2.05) is 0 Å². The monoisotopic (exact) mass is 335 g/mol. The average molecular weight is 335 g/mol. The molecule has 2 nitrogen and oxygen atoms in total. The second-order valence-corrected chi connectivity index (χ2v) is 9.09. The number of benzene rings is 2. The fourth-order valence-corrected chi connectivity index (χ4v) is 6.50. The first-order valence-electron chi connectivity index (χ1n) is 10.0. The molecule has 2 aromatic rings. The zero-order valence-electron chi connectivity index (χ0n) is 15.2. The smallest absolute Gasteiger partial charge is 0.132 e. The highest BCUT2D eigenvalue weighted by Crippen LogP contribution is 2.61. The van der Waals surface area contributed by atoms with Crippen LogP contribution in [-0.2, 0) is 4.74 Å². The van der Waals surface area contributed by atoms with E-state index in [9.17, 15) is 0 Å². The van der Waals surface area contributed by atoms with E-state index in [0.717, 1.165) is 23.3 Å². The second kappa shape index (κ2) is 5.82. The minimum atomic E-state index is -0.326. The van der Waals surface area contributed by atoms with Crippen molar-refractivity contribution >= 4 is 10.8 Å². The molecule has 4 bridgehead atoms. The van der Waals surface area contributed by atoms with E-state index in [1.165, 1.54) is 49.3 Å². The molecule has 4 aliphatic carbocycles. The zero-order valence-corrected chi connectivity index (χ0v) is 15.2. The molecule has 0 saturated heterocycles. The Hall–Kier alpha value is -1.38. The van der Waals surface area contributed by atoms with Crippen molar-refractivity contribution in [2.75, 3.05) is 0 Å². The lowest BCUT2D eigenvalue weighted by atomic mass is 9.48. The van der Waals surface area contributed by atoms with E-state index in [4.69, 9.17) is 10.5 Å². The molecule has 2 heteroatoms. The van der Waals surface area contributed by atoms with Crippen LogP contribution in [0, 0.1) is 23.2 Å². The third-order valence-electron chi connectivity index (χ3n) is 7.40. The van der Waals surface area contributed by atoms with Crippen molar-refractivity contribution in [2.24, 2.45) is 28.9 Å². The molecular formula is C23H29NO. The summed E-state index contributed by atoms with van der Waals surface area (Å²) in [5, 5.41) is 2.49. The quantitative estimate of drug-likeness (QED) is 0.757. The number of ether oxygens (including phenoxy) is 1. The van der Waals surface area contributed by atoms with Crippen molar-refractivity contribution in [2.45, 2.75) is 57.8 Å². The van der Waals surface area contributed by atoms with E-state index in [-0.39, 0.29) is 12.3 Å². The number of hydrogen-bond donors (Lipinski definition) is 1. The number of hydrogen-bond acceptors (Lipinski definition) is 2. The SMILES string of the molecule is CC(OC(N)c1ccc2ccccc2c1)C12CC3CC(CC(C3)C1)C2. The van der Waals surface area contributed by atoms with Crippen LogP contribution in [0.3, 0.4) is 0 Å². The van der Waals surface area contributed by atoms with Crippen LogP contribution in [0.1, 0.15) is 57.2 Å². The number of fused-ring (bicyclic) bond motifs is 1. The first-order valence-corrected chi connectivity index (χ1v) is 10.0. The van der Waals surface area contributed by atoms with Gasteiger partial charge in [0.15, 0.2) is 0 Å². The van der Waals surface area contributed by atoms with E-state index in [0.29, 0.717) is 5.41 Å². The molecule has 4 aliphatic rings. The molecule has 132 valence electrons. The Bertz CT molecular complexity index is 747. The summed E-state index contributed by atoms with van der Waals surface area (Å²) in [6.45, 7) is 2.29. The molecule has 0 amide bonds. The minimum absolute atomic E-state index is 0.252. The van der Waals surface area contributed by atoms with Gasteiger partial charge in [0, 0.05) is 0 Å². The van der Waals surface area contributed by atoms with Gasteiger partial charge in [-0.05, 0) is 91.0 Å². The van der Waals surface area contributed by atoms with Crippen LogP contribution in [0.5, 0.6) is 0 Å². The normalized spacial score (nSPS) is 35.8. The Morgan fingerprint density at radius 1 is 0.920 bits per heavy atom. The van der Waals surface area contributed by atoms with Crippen LogP contribution in [0.25, 0.3) is 10.8 Å². The summed E-state index contributed by atoms with van der Waals surface area (Å²) in [6.07, 6.45) is 8.45. The highest BCUT2D eigenvalue weighted by molar-refractivity contribution is 5.83. The van der Waals surface area contributed by atoms with Gasteiger partial charge in [0.25, 0.3) is 0 Å². The van der Waals surface area contributed by atoms with Gasteiger partial charge in [-0.2, -0.15) is 0 Å². The lowest BCUT2D eigenvalue weighted by Gasteiger charge is -2.59. The number of nitrogens with two attached hydrogens (primary N) is 1. The number of rotatable bonds is 4. The van der Waals surface area contributed by atoms with Crippen molar-refractivity contribution in [3.63, 3.8) is 0 Å². The van der Waals surface area contributed by atoms with Crippen molar-refractivity contribution in [1.29, 1.82) is 0 Å². The molecule has 4 saturated carbocycles. The molecular weight excluding hydrogens is 306 g/mol. The molecule has 25 heavy (non-hydrogen) atoms. The van der Waals surface area contributed by atoms with E-state index >= 15 is 0 Å². The van der Waals surface area contributed by atoms with Crippen molar-refractivity contribution in [1.82, 2.24) is 0 Å². The Morgan fingerprint density at radius 2 is 1.52 bits per heavy atom. The predicted octanol–water partition coefficient (Wildman–Crippen LogP) is 5.42. The summed E-state index contributed by atoms with van der Waals surface area (Å²) in [5.74, 6) is 2.86. The topological polar surface area (TPSA) is 35.2 Å². The van der Waals surface area contributed by atoms with Gasteiger partial charge in [-0.1, -0.05) is 36.4 Å². The maximum Gasteiger partial charge on any atom is 0.132 e. The Labute approximate surface area is 150 Å². The van der Waals surface area contributed by atoms with Gasteiger partial charge in [-0.3, -0.25) is 0 Å². The predicted molar refractivity (Wildman–Crippen MR) is 102 cm³/mol. The van der Waals surface area contributed by atoms with E-state index < -0.39 is 0 Å². The average Bonchev–Trinajstić information content (AvgIpc) is 2.60. The lowest BCUT2D eigenvalue weighted by Crippen LogP contribution is -2.52. The molecule has 0 radical (unpaired) electrons. The highest BCUT2D eigenvalue weighted by atomic mass is 16.5. The van der Waals surface area contributed by atoms with Gasteiger partial charge in [0.2, 0.25) is 0 Å². The van der Waals surface area contributed by atoms with Crippen LogP contribution in [0.15, 0.2) is 42.5 Å². The first-order chi connectivity index (χ1) is 12.1. The van der Waals surface area contributed by atoms with Gasteiger partial charge >= 0.3 is 0 Å². The van der Waals surface area contributed by atoms with Gasteiger partial charge in [-0.15, -0.1) is 0 Å². The van der Waals surface area contributed by atoms with Crippen LogP contribution < -0.4 is 5.73 Å². The lowest BCUT2D eigenvalue weighted by molar-refractivity contribution is -0.153. The molecule has 2 N–H and O–H groups in total. The maximum atomic E-state index is 6.48. The standard InChI is InChI=1S/C23H29NO/c1-15(23-12-16-8-17(13-23)10-18(9-16)14-23)25-22(24)21-7-6-19-4-2-3-5-20(19)11-21/h2-7,11,15-18,22H,8-10,12-14,24H2,1H3. The summed E-state index contributed by atoms with van der Waals surface area (Å²) in [6, 6.07) is 14.9. The summed E-state index contributed by atoms with van der Waals surface area (Å²) in [4.78, 5) is 0. The summed E-state index contributed by atoms with van der Waals surface area (Å²) >= 11 is 0. The van der Waals surface area contributed by atoms with E-state index in [1.54, 1.807) is 0 Å². The maximum absolute atomic E-state index is 6.48. The highest BCUT2D eigenvalue weighted by Gasteiger charge is 2.53. The largest absolute Gasteiger partial charge is 0.356 e. The fraction of sp³-hybridized carbons (Fsp3) is 0.565. The third-order valence-corrected chi connectivity index (χ3v) is 7.40. The Kier molecular flexibility index (Phi) is 3.69. The van der Waals surface area contributed by atoms with Crippen molar-refractivity contribution in [3.8, 4) is 0 Å². The summed E-state index contributed by atoms with van der Waals surface area (Å²) in [5.41, 5.74) is 7.97. The van der Waals surface area contributed by atoms with Crippen LogP contribution in [0.2, 0.25) is 0 Å². The van der Waals surface area contributed by atoms with Gasteiger partial charge in [0.05, 0.1) is 6.10 Å². The Morgan fingerprint density at radius 3 is 2.16 bits per heavy atom. The zero-order chi connectivity index (χ0) is 17.0. The first kappa shape index (κ1) is 15.8. The molecule has 2 atom stereocenters. The van der Waals surface area contributed by atoms with Gasteiger partial charge < -0.3 is 10.5 Å². The molecule has 0 aliphatic heterocycles. The molecule has 4 fully saturated rings. The molecule has 0 spiro atoms. The molecule has 0 aromatic heterocycles. The van der Waals surface area contributed by atoms with Gasteiger partial charge in [-0.25, -0.2) is 0 Å². The summed E-state index contributed by atoms with van der Waals surface area (Å²) < 4.78 is 6.45. The Balaban J connectivity index is 1.35. The second-order valence-electron chi connectivity index (χ2n) is 9.09.